The zero-order valence-electron chi connectivity index (χ0n) is 17.9. The van der Waals surface area contributed by atoms with Gasteiger partial charge in [-0.15, -0.1) is 11.8 Å². The molecule has 2 atom stereocenters. The molecule has 0 bridgehead atoms. The Labute approximate surface area is 185 Å². The molecule has 6 heteroatoms. The van der Waals surface area contributed by atoms with Crippen LogP contribution in [0.2, 0.25) is 0 Å². The van der Waals surface area contributed by atoms with Crippen LogP contribution in [0.25, 0.3) is 11.0 Å². The van der Waals surface area contributed by atoms with Crippen LogP contribution in [0.5, 0.6) is 0 Å². The molecule has 3 aromatic rings. The fourth-order valence-electron chi connectivity index (χ4n) is 4.60. The van der Waals surface area contributed by atoms with E-state index in [1.54, 1.807) is 16.7 Å². The predicted octanol–water partition coefficient (Wildman–Crippen LogP) is 4.86. The molecule has 5 rings (SSSR count). The van der Waals surface area contributed by atoms with Crippen LogP contribution in [0.3, 0.4) is 0 Å². The first-order chi connectivity index (χ1) is 15.0. The van der Waals surface area contributed by atoms with Crippen molar-refractivity contribution in [2.45, 2.75) is 43.7 Å². The molecule has 160 valence electrons. The van der Waals surface area contributed by atoms with Gasteiger partial charge in [0.25, 0.3) is 5.91 Å². The van der Waals surface area contributed by atoms with Gasteiger partial charge in [0.05, 0.1) is 23.1 Å². The van der Waals surface area contributed by atoms with Gasteiger partial charge in [0.1, 0.15) is 5.58 Å². The summed E-state index contributed by atoms with van der Waals surface area (Å²) in [6, 6.07) is 11.3. The highest BCUT2D eigenvalue weighted by atomic mass is 32.2. The molecule has 2 aromatic carbocycles. The van der Waals surface area contributed by atoms with Crippen LogP contribution in [0.15, 0.2) is 50.5 Å². The molecule has 0 saturated carbocycles. The highest BCUT2D eigenvalue weighted by molar-refractivity contribution is 7.98. The normalized spacial score (nSPS) is 20.6. The minimum atomic E-state index is -0.468. The number of aryl methyl sites for hydroxylation is 2. The monoisotopic (exact) mass is 435 g/mol. The van der Waals surface area contributed by atoms with Crippen molar-refractivity contribution in [3.05, 3.63) is 74.6 Å². The van der Waals surface area contributed by atoms with E-state index < -0.39 is 6.04 Å². The van der Waals surface area contributed by atoms with E-state index in [0.29, 0.717) is 29.7 Å². The molecule has 31 heavy (non-hydrogen) atoms. The first-order valence-electron chi connectivity index (χ1n) is 10.6. The maximum absolute atomic E-state index is 13.6. The summed E-state index contributed by atoms with van der Waals surface area (Å²) in [6.45, 7) is 5.12. The van der Waals surface area contributed by atoms with Crippen LogP contribution < -0.4 is 5.43 Å². The fourth-order valence-corrected chi connectivity index (χ4v) is 5.01. The number of hydrogen-bond acceptors (Lipinski definition) is 5. The molecule has 2 aliphatic heterocycles. The van der Waals surface area contributed by atoms with E-state index in [9.17, 15) is 9.59 Å². The maximum Gasteiger partial charge on any atom is 0.291 e. The number of rotatable bonds is 4. The van der Waals surface area contributed by atoms with Crippen LogP contribution in [0.1, 0.15) is 51.7 Å². The molecule has 2 unspecified atom stereocenters. The first kappa shape index (κ1) is 20.3. The molecule has 5 nitrogen and oxygen atoms in total. The number of carbonyl (C=O) groups is 1. The SMILES string of the molecule is CSc1ccc(C2c3c(oc4cc(C)c(C)cc4c3=O)C(=O)N2CC2CCCO2)cc1. The largest absolute Gasteiger partial charge is 0.450 e. The molecule has 1 fully saturated rings. The van der Waals surface area contributed by atoms with Gasteiger partial charge in [-0.2, -0.15) is 0 Å². The third-order valence-corrected chi connectivity index (χ3v) is 7.18. The van der Waals surface area contributed by atoms with Gasteiger partial charge in [-0.1, -0.05) is 12.1 Å². The smallest absolute Gasteiger partial charge is 0.291 e. The van der Waals surface area contributed by atoms with Gasteiger partial charge >= 0.3 is 0 Å². The number of amides is 1. The van der Waals surface area contributed by atoms with Gasteiger partial charge < -0.3 is 14.1 Å². The van der Waals surface area contributed by atoms with Crippen molar-refractivity contribution in [2.75, 3.05) is 19.4 Å². The fraction of sp³-hybridized carbons (Fsp3) is 0.360. The Balaban J connectivity index is 1.70. The summed E-state index contributed by atoms with van der Waals surface area (Å²) in [5.41, 5.74) is 3.76. The molecule has 0 spiro atoms. The Morgan fingerprint density at radius 3 is 2.52 bits per heavy atom. The van der Waals surface area contributed by atoms with E-state index in [4.69, 9.17) is 9.15 Å². The van der Waals surface area contributed by atoms with E-state index in [1.165, 1.54) is 0 Å². The van der Waals surface area contributed by atoms with Crippen LogP contribution in [-0.4, -0.2) is 36.3 Å². The molecule has 0 N–H and O–H groups in total. The number of hydrogen-bond donors (Lipinski definition) is 0. The van der Waals surface area contributed by atoms with Crippen molar-refractivity contribution in [2.24, 2.45) is 0 Å². The topological polar surface area (TPSA) is 59.8 Å². The van der Waals surface area contributed by atoms with Gasteiger partial charge in [0.15, 0.2) is 5.43 Å². The predicted molar refractivity (Wildman–Crippen MR) is 122 cm³/mol. The number of nitrogens with zero attached hydrogens (tertiary/aromatic N) is 1. The highest BCUT2D eigenvalue weighted by Crippen LogP contribution is 2.39. The molecule has 2 aliphatic rings. The number of ether oxygens (including phenoxy) is 1. The second kappa shape index (κ2) is 7.84. The van der Waals surface area contributed by atoms with E-state index >= 15 is 0 Å². The van der Waals surface area contributed by atoms with Gasteiger partial charge in [-0.05, 0) is 73.9 Å². The van der Waals surface area contributed by atoms with Gasteiger partial charge in [-0.3, -0.25) is 9.59 Å². The zero-order chi connectivity index (χ0) is 21.7. The first-order valence-corrected chi connectivity index (χ1v) is 11.8. The van der Waals surface area contributed by atoms with E-state index in [-0.39, 0.29) is 23.2 Å². The minimum absolute atomic E-state index is 0.0137. The number of carbonyl (C=O) groups excluding carboxylic acids is 1. The second-order valence-electron chi connectivity index (χ2n) is 8.37. The van der Waals surface area contributed by atoms with Crippen molar-refractivity contribution >= 4 is 28.6 Å². The van der Waals surface area contributed by atoms with Crippen molar-refractivity contribution < 1.29 is 13.9 Å². The van der Waals surface area contributed by atoms with Crippen molar-refractivity contribution in [1.29, 1.82) is 0 Å². The number of thioether (sulfide) groups is 1. The highest BCUT2D eigenvalue weighted by Gasteiger charge is 2.43. The molecule has 1 amide bonds. The van der Waals surface area contributed by atoms with E-state index in [1.807, 2.05) is 56.5 Å². The Bertz CT molecular complexity index is 1220. The molecule has 0 radical (unpaired) electrons. The third kappa shape index (κ3) is 3.38. The van der Waals surface area contributed by atoms with Crippen LogP contribution in [0.4, 0.5) is 0 Å². The van der Waals surface area contributed by atoms with Gasteiger partial charge in [0.2, 0.25) is 5.76 Å². The van der Waals surface area contributed by atoms with Crippen LogP contribution in [0, 0.1) is 13.8 Å². The Morgan fingerprint density at radius 2 is 1.84 bits per heavy atom. The minimum Gasteiger partial charge on any atom is -0.450 e. The quantitative estimate of drug-likeness (QED) is 0.548. The molecule has 3 heterocycles. The summed E-state index contributed by atoms with van der Waals surface area (Å²) in [4.78, 5) is 30.0. The average molecular weight is 436 g/mol. The third-order valence-electron chi connectivity index (χ3n) is 6.44. The summed E-state index contributed by atoms with van der Waals surface area (Å²) in [7, 11) is 0. The summed E-state index contributed by atoms with van der Waals surface area (Å²) in [5, 5.41) is 0.527. The van der Waals surface area contributed by atoms with E-state index in [2.05, 4.69) is 0 Å². The zero-order valence-corrected chi connectivity index (χ0v) is 18.8. The Kier molecular flexibility index (Phi) is 5.15. The van der Waals surface area contributed by atoms with Gasteiger partial charge in [-0.25, -0.2) is 0 Å². The summed E-state index contributed by atoms with van der Waals surface area (Å²) < 4.78 is 11.9. The standard InChI is InChI=1S/C25H25NO4S/c1-14-11-19-20(12-15(14)2)30-24-21(23(19)27)22(16-6-8-18(31-3)9-7-16)26(25(24)28)13-17-5-4-10-29-17/h6-9,11-12,17,22H,4-5,10,13H2,1-3H3. The maximum atomic E-state index is 13.6. The number of fused-ring (bicyclic) bond motifs is 2. The second-order valence-corrected chi connectivity index (χ2v) is 9.25. The average Bonchev–Trinajstić information content (AvgIpc) is 3.38. The Hall–Kier alpha value is -2.57. The molecular weight excluding hydrogens is 410 g/mol. The molecule has 1 saturated heterocycles. The number of benzene rings is 2. The summed E-state index contributed by atoms with van der Waals surface area (Å²) >= 11 is 1.66. The van der Waals surface area contributed by atoms with Crippen molar-refractivity contribution in [3.8, 4) is 0 Å². The van der Waals surface area contributed by atoms with Crippen molar-refractivity contribution in [1.82, 2.24) is 4.90 Å². The van der Waals surface area contributed by atoms with Gasteiger partial charge in [0, 0.05) is 18.0 Å². The van der Waals surface area contributed by atoms with Crippen LogP contribution >= 0.6 is 11.8 Å². The molecule has 0 aliphatic carbocycles. The summed E-state index contributed by atoms with van der Waals surface area (Å²) in [6.07, 6.45) is 3.92. The van der Waals surface area contributed by atoms with Crippen molar-refractivity contribution in [3.63, 3.8) is 0 Å². The van der Waals surface area contributed by atoms with Crippen LogP contribution in [-0.2, 0) is 4.74 Å². The molecule has 1 aromatic heterocycles. The molecular formula is C25H25NO4S. The lowest BCUT2D eigenvalue weighted by atomic mass is 9.97. The van der Waals surface area contributed by atoms with E-state index in [0.717, 1.165) is 34.4 Å². The lowest BCUT2D eigenvalue weighted by Crippen LogP contribution is -2.36. The lowest BCUT2D eigenvalue weighted by molar-refractivity contribution is 0.0486. The lowest BCUT2D eigenvalue weighted by Gasteiger charge is -2.27. The Morgan fingerprint density at radius 1 is 1.10 bits per heavy atom. The summed E-state index contributed by atoms with van der Waals surface area (Å²) in [5.74, 6) is -0.0700.